The molecule has 0 aromatic heterocycles. The molecule has 3 unspecified atom stereocenters. The molecule has 1 heterocycles. The largest absolute Gasteiger partial charge is 0.377 e. The molecule has 1 saturated heterocycles. The lowest BCUT2D eigenvalue weighted by Crippen LogP contribution is -2.42. The van der Waals surface area contributed by atoms with Gasteiger partial charge in [-0.1, -0.05) is 6.42 Å². The van der Waals surface area contributed by atoms with Crippen LogP contribution in [0.3, 0.4) is 0 Å². The lowest BCUT2D eigenvalue weighted by Gasteiger charge is -2.28. The minimum absolute atomic E-state index is 0.422. The van der Waals surface area contributed by atoms with Crippen LogP contribution in [0.5, 0.6) is 0 Å². The van der Waals surface area contributed by atoms with Crippen molar-refractivity contribution < 1.29 is 4.74 Å². The van der Waals surface area contributed by atoms with E-state index < -0.39 is 0 Å². The number of hydrogen-bond donors (Lipinski definition) is 2. The van der Waals surface area contributed by atoms with Crippen molar-refractivity contribution in [3.8, 4) is 0 Å². The third-order valence-corrected chi connectivity index (χ3v) is 3.37. The third-order valence-electron chi connectivity index (χ3n) is 3.37. The van der Waals surface area contributed by atoms with E-state index in [0.717, 1.165) is 19.6 Å². The number of hydrogen-bond acceptors (Lipinski definition) is 3. The van der Waals surface area contributed by atoms with E-state index in [-0.39, 0.29) is 0 Å². The van der Waals surface area contributed by atoms with E-state index >= 15 is 0 Å². The van der Waals surface area contributed by atoms with Gasteiger partial charge >= 0.3 is 0 Å². The molecule has 1 saturated carbocycles. The predicted molar refractivity (Wildman–Crippen MR) is 57.2 cm³/mol. The first-order valence-corrected chi connectivity index (χ1v) is 5.95. The van der Waals surface area contributed by atoms with Gasteiger partial charge in [0.05, 0.1) is 6.10 Å². The minimum Gasteiger partial charge on any atom is -0.377 e. The van der Waals surface area contributed by atoms with Crippen LogP contribution in [-0.4, -0.2) is 31.3 Å². The van der Waals surface area contributed by atoms with Crippen molar-refractivity contribution in [2.75, 3.05) is 13.2 Å². The molecule has 1 aliphatic heterocycles. The van der Waals surface area contributed by atoms with Crippen LogP contribution >= 0.6 is 0 Å². The third kappa shape index (κ3) is 2.94. The Labute approximate surface area is 86.4 Å². The van der Waals surface area contributed by atoms with E-state index in [2.05, 4.69) is 5.32 Å². The lowest BCUT2D eigenvalue weighted by molar-refractivity contribution is 0.105. The molecule has 0 amide bonds. The molecular weight excluding hydrogens is 176 g/mol. The van der Waals surface area contributed by atoms with Gasteiger partial charge in [-0.15, -0.1) is 0 Å². The molecule has 3 heteroatoms. The van der Waals surface area contributed by atoms with Gasteiger partial charge in [-0.25, -0.2) is 0 Å². The molecule has 1 aliphatic carbocycles. The van der Waals surface area contributed by atoms with Crippen molar-refractivity contribution >= 4 is 0 Å². The monoisotopic (exact) mass is 198 g/mol. The van der Waals surface area contributed by atoms with Gasteiger partial charge in [0.2, 0.25) is 0 Å². The molecule has 0 spiro atoms. The summed E-state index contributed by atoms with van der Waals surface area (Å²) in [5.74, 6) is 0. The maximum atomic E-state index is 5.94. The van der Waals surface area contributed by atoms with Gasteiger partial charge in [0.15, 0.2) is 0 Å². The van der Waals surface area contributed by atoms with E-state index in [1.165, 1.54) is 32.1 Å². The number of ether oxygens (including phenoxy) is 1. The standard InChI is InChI=1S/C11H22N2O/c12-9-3-1-4-10(7-9)13-8-11-5-2-6-14-11/h9-11,13H,1-8,12H2. The van der Waals surface area contributed by atoms with Gasteiger partial charge in [-0.3, -0.25) is 0 Å². The highest BCUT2D eigenvalue weighted by Crippen LogP contribution is 2.18. The van der Waals surface area contributed by atoms with Crippen LogP contribution in [0.15, 0.2) is 0 Å². The molecule has 0 aromatic rings. The van der Waals surface area contributed by atoms with E-state index in [1.54, 1.807) is 0 Å². The molecular formula is C11H22N2O. The quantitative estimate of drug-likeness (QED) is 0.712. The van der Waals surface area contributed by atoms with Crippen molar-refractivity contribution in [3.63, 3.8) is 0 Å². The Bertz CT molecular complexity index is 169. The first-order valence-electron chi connectivity index (χ1n) is 5.95. The summed E-state index contributed by atoms with van der Waals surface area (Å²) in [6.45, 7) is 1.98. The smallest absolute Gasteiger partial charge is 0.0700 e. The molecule has 2 fully saturated rings. The van der Waals surface area contributed by atoms with E-state index in [4.69, 9.17) is 10.5 Å². The van der Waals surface area contributed by atoms with Gasteiger partial charge in [-0.05, 0) is 32.1 Å². The normalized spacial score (nSPS) is 38.8. The molecule has 2 aliphatic rings. The van der Waals surface area contributed by atoms with Crippen LogP contribution in [0, 0.1) is 0 Å². The topological polar surface area (TPSA) is 47.3 Å². The first-order chi connectivity index (χ1) is 6.84. The summed E-state index contributed by atoms with van der Waals surface area (Å²) in [7, 11) is 0. The highest BCUT2D eigenvalue weighted by atomic mass is 16.5. The zero-order valence-electron chi connectivity index (χ0n) is 8.87. The van der Waals surface area contributed by atoms with E-state index in [1.807, 2.05) is 0 Å². The minimum atomic E-state index is 0.422. The molecule has 0 radical (unpaired) electrons. The summed E-state index contributed by atoms with van der Waals surface area (Å²) in [5, 5.41) is 3.59. The Morgan fingerprint density at radius 1 is 1.21 bits per heavy atom. The second-order valence-electron chi connectivity index (χ2n) is 4.67. The van der Waals surface area contributed by atoms with Crippen molar-refractivity contribution in [2.24, 2.45) is 5.73 Å². The Balaban J connectivity index is 1.64. The molecule has 3 nitrogen and oxygen atoms in total. The summed E-state index contributed by atoms with van der Waals surface area (Å²) in [4.78, 5) is 0. The average molecular weight is 198 g/mol. The Morgan fingerprint density at radius 3 is 2.86 bits per heavy atom. The van der Waals surface area contributed by atoms with Crippen molar-refractivity contribution in [3.05, 3.63) is 0 Å². The maximum absolute atomic E-state index is 5.94. The van der Waals surface area contributed by atoms with Gasteiger partial charge in [0.1, 0.15) is 0 Å². The van der Waals surface area contributed by atoms with Gasteiger partial charge in [0, 0.05) is 25.2 Å². The van der Waals surface area contributed by atoms with Crippen LogP contribution in [0.1, 0.15) is 38.5 Å². The summed E-state index contributed by atoms with van der Waals surface area (Å²) in [6.07, 6.45) is 7.85. The van der Waals surface area contributed by atoms with E-state index in [0.29, 0.717) is 18.2 Å². The van der Waals surface area contributed by atoms with Gasteiger partial charge in [0.25, 0.3) is 0 Å². The fraction of sp³-hybridized carbons (Fsp3) is 1.00. The Morgan fingerprint density at radius 2 is 2.14 bits per heavy atom. The van der Waals surface area contributed by atoms with Gasteiger partial charge < -0.3 is 15.8 Å². The van der Waals surface area contributed by atoms with Crippen LogP contribution in [0.2, 0.25) is 0 Å². The molecule has 3 N–H and O–H groups in total. The summed E-state index contributed by atoms with van der Waals surface area (Å²) in [6, 6.07) is 1.06. The molecule has 82 valence electrons. The second kappa shape index (κ2) is 5.10. The van der Waals surface area contributed by atoms with Crippen molar-refractivity contribution in [1.29, 1.82) is 0 Å². The average Bonchev–Trinajstić information content (AvgIpc) is 2.67. The van der Waals surface area contributed by atoms with Crippen LogP contribution in [0.4, 0.5) is 0 Å². The zero-order valence-corrected chi connectivity index (χ0v) is 8.87. The fourth-order valence-corrected chi connectivity index (χ4v) is 2.52. The van der Waals surface area contributed by atoms with Crippen molar-refractivity contribution in [1.82, 2.24) is 5.32 Å². The second-order valence-corrected chi connectivity index (χ2v) is 4.67. The van der Waals surface area contributed by atoms with Crippen LogP contribution in [0.25, 0.3) is 0 Å². The maximum Gasteiger partial charge on any atom is 0.0700 e. The van der Waals surface area contributed by atoms with Crippen molar-refractivity contribution in [2.45, 2.75) is 56.7 Å². The number of nitrogens with one attached hydrogen (secondary N) is 1. The SMILES string of the molecule is NC1CCCC(NCC2CCCO2)C1. The molecule has 14 heavy (non-hydrogen) atoms. The molecule has 3 atom stereocenters. The number of rotatable bonds is 3. The molecule has 0 aromatic carbocycles. The zero-order chi connectivity index (χ0) is 9.80. The summed E-state index contributed by atoms with van der Waals surface area (Å²) >= 11 is 0. The lowest BCUT2D eigenvalue weighted by atomic mass is 9.91. The first kappa shape index (κ1) is 10.4. The highest BCUT2D eigenvalue weighted by Gasteiger charge is 2.21. The van der Waals surface area contributed by atoms with Crippen LogP contribution < -0.4 is 11.1 Å². The van der Waals surface area contributed by atoms with Gasteiger partial charge in [-0.2, -0.15) is 0 Å². The number of nitrogens with two attached hydrogens (primary N) is 1. The molecule has 2 rings (SSSR count). The fourth-order valence-electron chi connectivity index (χ4n) is 2.52. The van der Waals surface area contributed by atoms with Crippen LogP contribution in [-0.2, 0) is 4.74 Å². The Kier molecular flexibility index (Phi) is 3.79. The highest BCUT2D eigenvalue weighted by molar-refractivity contribution is 4.81. The van der Waals surface area contributed by atoms with E-state index in [9.17, 15) is 0 Å². The predicted octanol–water partition coefficient (Wildman–Crippen LogP) is 1.02. The molecule has 0 bridgehead atoms. The Hall–Kier alpha value is -0.120. The summed E-state index contributed by atoms with van der Waals surface area (Å²) < 4.78 is 5.58. The summed E-state index contributed by atoms with van der Waals surface area (Å²) in [5.41, 5.74) is 5.94.